The topological polar surface area (TPSA) is 76.1 Å². The predicted octanol–water partition coefficient (Wildman–Crippen LogP) is 1.06. The highest BCUT2D eigenvalue weighted by Gasteiger charge is 2.64. The number of nitrogens with zero attached hydrogens (tertiary/aromatic N) is 1. The van der Waals surface area contributed by atoms with E-state index in [0.717, 1.165) is 0 Å². The summed E-state index contributed by atoms with van der Waals surface area (Å²) in [6.07, 6.45) is 0.0806. The molecule has 2 fully saturated rings. The van der Waals surface area contributed by atoms with Gasteiger partial charge in [0.25, 0.3) is 0 Å². The lowest BCUT2D eigenvalue weighted by Gasteiger charge is -2.33. The zero-order valence-corrected chi connectivity index (χ0v) is 11.8. The van der Waals surface area contributed by atoms with E-state index in [1.165, 1.54) is 12.0 Å². The normalized spacial score (nSPS) is 33.4. The number of carbonyl (C=O) groups excluding carboxylic acids is 2. The Balaban J connectivity index is 2.28. The SMILES string of the molecule is COC(=O)[C@]12CC[C@@H]([C@@H](O)C1)N2C(=O)OC(C)(C)C. The summed E-state index contributed by atoms with van der Waals surface area (Å²) in [4.78, 5) is 25.7. The molecule has 0 aromatic carbocycles. The van der Waals surface area contributed by atoms with Gasteiger partial charge in [-0.1, -0.05) is 0 Å². The maximum absolute atomic E-state index is 12.3. The summed E-state index contributed by atoms with van der Waals surface area (Å²) in [5, 5.41) is 9.99. The molecule has 0 aromatic rings. The van der Waals surface area contributed by atoms with Gasteiger partial charge in [0.05, 0.1) is 19.3 Å². The van der Waals surface area contributed by atoms with E-state index >= 15 is 0 Å². The summed E-state index contributed by atoms with van der Waals surface area (Å²) >= 11 is 0. The van der Waals surface area contributed by atoms with E-state index in [2.05, 4.69) is 0 Å². The molecule has 108 valence electrons. The fraction of sp³-hybridized carbons (Fsp3) is 0.846. The number of hydrogen-bond donors (Lipinski definition) is 1. The Labute approximate surface area is 112 Å². The molecule has 3 atom stereocenters. The minimum absolute atomic E-state index is 0.226. The van der Waals surface area contributed by atoms with Crippen molar-refractivity contribution in [1.29, 1.82) is 0 Å². The van der Waals surface area contributed by atoms with E-state index in [-0.39, 0.29) is 12.5 Å². The quantitative estimate of drug-likeness (QED) is 0.722. The first-order valence-electron chi connectivity index (χ1n) is 6.50. The first kappa shape index (κ1) is 14.1. The van der Waals surface area contributed by atoms with Crippen molar-refractivity contribution < 1.29 is 24.2 Å². The Kier molecular flexibility index (Phi) is 3.24. The van der Waals surface area contributed by atoms with Crippen molar-refractivity contribution in [3.8, 4) is 0 Å². The molecule has 6 nitrogen and oxygen atoms in total. The Bertz CT molecular complexity index is 402. The number of esters is 1. The van der Waals surface area contributed by atoms with Gasteiger partial charge < -0.3 is 14.6 Å². The number of methoxy groups -OCH3 is 1. The fourth-order valence-electron chi connectivity index (χ4n) is 3.10. The van der Waals surface area contributed by atoms with Crippen molar-refractivity contribution in [2.24, 2.45) is 0 Å². The first-order chi connectivity index (χ1) is 8.71. The van der Waals surface area contributed by atoms with Gasteiger partial charge in [0.15, 0.2) is 0 Å². The average Bonchev–Trinajstić information content (AvgIpc) is 2.78. The van der Waals surface area contributed by atoms with Crippen LogP contribution < -0.4 is 0 Å². The van der Waals surface area contributed by atoms with Crippen LogP contribution >= 0.6 is 0 Å². The van der Waals surface area contributed by atoms with Gasteiger partial charge in [-0.2, -0.15) is 0 Å². The lowest BCUT2D eigenvalue weighted by atomic mass is 9.86. The molecule has 0 radical (unpaired) electrons. The molecular weight excluding hydrogens is 250 g/mol. The van der Waals surface area contributed by atoms with Gasteiger partial charge in [0, 0.05) is 6.42 Å². The highest BCUT2D eigenvalue weighted by molar-refractivity contribution is 5.88. The van der Waals surface area contributed by atoms with E-state index in [1.807, 2.05) is 0 Å². The van der Waals surface area contributed by atoms with Crippen LogP contribution in [0.25, 0.3) is 0 Å². The Hall–Kier alpha value is -1.30. The fourth-order valence-corrected chi connectivity index (χ4v) is 3.10. The standard InChI is InChI=1S/C13H21NO5/c1-12(2,3)19-11(17)14-8-5-6-13(14,7-9(8)15)10(16)18-4/h8-9,15H,5-7H2,1-4H3/t8-,9-,13-/m0/s1. The molecule has 19 heavy (non-hydrogen) atoms. The van der Waals surface area contributed by atoms with Gasteiger partial charge in [-0.05, 0) is 33.6 Å². The van der Waals surface area contributed by atoms with E-state index < -0.39 is 29.3 Å². The molecule has 0 unspecified atom stereocenters. The molecule has 1 amide bonds. The maximum Gasteiger partial charge on any atom is 0.411 e. The van der Waals surface area contributed by atoms with E-state index in [9.17, 15) is 14.7 Å². The van der Waals surface area contributed by atoms with Crippen molar-refractivity contribution in [3.63, 3.8) is 0 Å². The smallest absolute Gasteiger partial charge is 0.411 e. The molecule has 2 rings (SSSR count). The molecule has 1 N–H and O–H groups in total. The lowest BCUT2D eigenvalue weighted by Crippen LogP contribution is -2.52. The zero-order valence-electron chi connectivity index (χ0n) is 11.8. The van der Waals surface area contributed by atoms with Crippen molar-refractivity contribution in [3.05, 3.63) is 0 Å². The van der Waals surface area contributed by atoms with Crippen molar-refractivity contribution in [1.82, 2.24) is 4.90 Å². The molecule has 2 bridgehead atoms. The maximum atomic E-state index is 12.3. The van der Waals surface area contributed by atoms with Crippen LogP contribution in [-0.4, -0.2) is 52.5 Å². The molecule has 0 spiro atoms. The number of ether oxygens (including phenoxy) is 2. The second kappa shape index (κ2) is 4.37. The van der Waals surface area contributed by atoms with Gasteiger partial charge in [-0.15, -0.1) is 0 Å². The van der Waals surface area contributed by atoms with Gasteiger partial charge in [0.2, 0.25) is 0 Å². The van der Waals surface area contributed by atoms with Crippen molar-refractivity contribution >= 4 is 12.1 Å². The summed E-state index contributed by atoms with van der Waals surface area (Å²) in [6, 6.07) is -0.353. The van der Waals surface area contributed by atoms with Gasteiger partial charge in [-0.3, -0.25) is 4.90 Å². The second-order valence-electron chi connectivity index (χ2n) is 6.25. The van der Waals surface area contributed by atoms with Gasteiger partial charge >= 0.3 is 12.1 Å². The summed E-state index contributed by atoms with van der Waals surface area (Å²) < 4.78 is 10.2. The molecule has 0 aliphatic carbocycles. The number of aliphatic hydroxyl groups is 1. The minimum Gasteiger partial charge on any atom is -0.467 e. The van der Waals surface area contributed by atoms with Gasteiger partial charge in [-0.25, -0.2) is 9.59 Å². The van der Waals surface area contributed by atoms with Crippen LogP contribution in [0.5, 0.6) is 0 Å². The van der Waals surface area contributed by atoms with E-state index in [0.29, 0.717) is 12.8 Å². The third-order valence-electron chi connectivity index (χ3n) is 3.79. The minimum atomic E-state index is -1.05. The molecule has 2 heterocycles. The van der Waals surface area contributed by atoms with Crippen LogP contribution in [0.2, 0.25) is 0 Å². The Morgan fingerprint density at radius 2 is 2.00 bits per heavy atom. The number of amides is 1. The monoisotopic (exact) mass is 271 g/mol. The second-order valence-corrected chi connectivity index (χ2v) is 6.25. The zero-order chi connectivity index (χ0) is 14.4. The van der Waals surface area contributed by atoms with E-state index in [1.54, 1.807) is 20.8 Å². The first-order valence-corrected chi connectivity index (χ1v) is 6.50. The van der Waals surface area contributed by atoms with Crippen LogP contribution in [-0.2, 0) is 14.3 Å². The van der Waals surface area contributed by atoms with Crippen molar-refractivity contribution in [2.75, 3.05) is 7.11 Å². The van der Waals surface area contributed by atoms with Crippen LogP contribution in [0.1, 0.15) is 40.0 Å². The summed E-state index contributed by atoms with van der Waals surface area (Å²) in [5.74, 6) is -0.475. The van der Waals surface area contributed by atoms with Gasteiger partial charge in [0.1, 0.15) is 11.1 Å². The molecule has 2 aliphatic rings. The highest BCUT2D eigenvalue weighted by atomic mass is 16.6. The molecule has 2 saturated heterocycles. The van der Waals surface area contributed by atoms with Crippen molar-refractivity contribution in [2.45, 2.75) is 63.3 Å². The highest BCUT2D eigenvalue weighted by Crippen LogP contribution is 2.47. The molecule has 0 aromatic heterocycles. The average molecular weight is 271 g/mol. The number of fused-ring (bicyclic) bond motifs is 2. The Morgan fingerprint density at radius 3 is 2.47 bits per heavy atom. The predicted molar refractivity (Wildman–Crippen MR) is 66.5 cm³/mol. The number of rotatable bonds is 1. The van der Waals surface area contributed by atoms with Crippen LogP contribution in [0.3, 0.4) is 0 Å². The molecular formula is C13H21NO5. The number of hydrogen-bond acceptors (Lipinski definition) is 5. The Morgan fingerprint density at radius 1 is 1.37 bits per heavy atom. The largest absolute Gasteiger partial charge is 0.467 e. The van der Waals surface area contributed by atoms with E-state index in [4.69, 9.17) is 9.47 Å². The summed E-state index contributed by atoms with van der Waals surface area (Å²) in [7, 11) is 1.29. The molecule has 2 aliphatic heterocycles. The third-order valence-corrected chi connectivity index (χ3v) is 3.79. The summed E-state index contributed by atoms with van der Waals surface area (Å²) in [6.45, 7) is 5.30. The van der Waals surface area contributed by atoms with Crippen LogP contribution in [0.15, 0.2) is 0 Å². The summed E-state index contributed by atoms with van der Waals surface area (Å²) in [5.41, 5.74) is -1.69. The molecule has 0 saturated carbocycles. The third kappa shape index (κ3) is 2.18. The number of carbonyl (C=O) groups is 2. The van der Waals surface area contributed by atoms with Crippen LogP contribution in [0, 0.1) is 0 Å². The number of aliphatic hydroxyl groups excluding tert-OH is 1. The lowest BCUT2D eigenvalue weighted by molar-refractivity contribution is -0.152. The van der Waals surface area contributed by atoms with Crippen LogP contribution in [0.4, 0.5) is 4.79 Å². The molecule has 6 heteroatoms.